The van der Waals surface area contributed by atoms with E-state index in [4.69, 9.17) is 10.1 Å². The van der Waals surface area contributed by atoms with Crippen molar-refractivity contribution >= 4 is 27.8 Å². The van der Waals surface area contributed by atoms with Crippen molar-refractivity contribution in [3.05, 3.63) is 82.4 Å². The van der Waals surface area contributed by atoms with Gasteiger partial charge in [0.2, 0.25) is 0 Å². The van der Waals surface area contributed by atoms with Crippen LogP contribution in [0.5, 0.6) is 0 Å². The minimum Gasteiger partial charge on any atom is -0.357 e. The highest BCUT2D eigenvalue weighted by Gasteiger charge is 2.14. The molecule has 150 valence electrons. The molecule has 0 saturated carbocycles. The fourth-order valence-electron chi connectivity index (χ4n) is 3.32. The van der Waals surface area contributed by atoms with Gasteiger partial charge in [-0.15, -0.1) is 0 Å². The van der Waals surface area contributed by atoms with E-state index in [1.165, 1.54) is 5.56 Å². The number of aryl methyl sites for hydroxylation is 1. The Hall–Kier alpha value is -3.23. The number of hydrogen-bond donors (Lipinski definition) is 2. The first kappa shape index (κ1) is 18.8. The lowest BCUT2D eigenvalue weighted by Crippen LogP contribution is -1.99. The number of aromatic amines is 1. The quantitative estimate of drug-likeness (QED) is 0.360. The third kappa shape index (κ3) is 3.92. The fourth-order valence-corrected chi connectivity index (χ4v) is 4.91. The van der Waals surface area contributed by atoms with Gasteiger partial charge in [-0.1, -0.05) is 41.7 Å². The van der Waals surface area contributed by atoms with Crippen LogP contribution in [0.15, 0.2) is 65.6 Å². The summed E-state index contributed by atoms with van der Waals surface area (Å²) in [5.74, 6) is 0. The topological polar surface area (TPSA) is 71.4 Å². The van der Waals surface area contributed by atoms with Gasteiger partial charge in [-0.05, 0) is 40.9 Å². The van der Waals surface area contributed by atoms with Crippen molar-refractivity contribution in [1.29, 1.82) is 0 Å². The Morgan fingerprint density at radius 3 is 2.87 bits per heavy atom. The van der Waals surface area contributed by atoms with Crippen LogP contribution in [0.2, 0.25) is 0 Å². The summed E-state index contributed by atoms with van der Waals surface area (Å²) in [4.78, 5) is 5.80. The molecule has 0 fully saturated rings. The summed E-state index contributed by atoms with van der Waals surface area (Å²) in [7, 11) is 0. The molecule has 4 aromatic heterocycles. The molecule has 8 heteroatoms. The van der Waals surface area contributed by atoms with Crippen molar-refractivity contribution in [3.63, 3.8) is 0 Å². The van der Waals surface area contributed by atoms with Gasteiger partial charge >= 0.3 is 0 Å². The van der Waals surface area contributed by atoms with Crippen molar-refractivity contribution in [2.24, 2.45) is 0 Å². The third-order valence-corrected chi connectivity index (χ3v) is 6.67. The Labute approximate surface area is 182 Å². The highest BCUT2D eigenvalue weighted by Crippen LogP contribution is 2.32. The molecular weight excluding hydrogens is 412 g/mol. The van der Waals surface area contributed by atoms with Crippen molar-refractivity contribution < 1.29 is 0 Å². The number of nitrogens with one attached hydrogen (secondary N) is 2. The van der Waals surface area contributed by atoms with E-state index in [1.54, 1.807) is 22.7 Å². The Morgan fingerprint density at radius 1 is 1.13 bits per heavy atom. The minimum absolute atomic E-state index is 0.652. The van der Waals surface area contributed by atoms with Crippen LogP contribution in [0.25, 0.3) is 21.8 Å². The van der Waals surface area contributed by atoms with Crippen LogP contribution in [0.1, 0.15) is 16.8 Å². The average Bonchev–Trinajstić information content (AvgIpc) is 3.55. The molecule has 30 heavy (non-hydrogen) atoms. The third-order valence-electron chi connectivity index (χ3n) is 4.80. The largest absolute Gasteiger partial charge is 0.357 e. The number of benzene rings is 1. The molecule has 0 radical (unpaired) electrons. The molecule has 0 aliphatic carbocycles. The maximum atomic E-state index is 4.74. The van der Waals surface area contributed by atoms with Crippen LogP contribution in [0, 0.1) is 6.92 Å². The maximum Gasteiger partial charge on any atom is 0.183 e. The number of thiophene rings is 1. The van der Waals surface area contributed by atoms with Gasteiger partial charge in [-0.3, -0.25) is 9.78 Å². The van der Waals surface area contributed by atoms with Gasteiger partial charge in [0.1, 0.15) is 5.69 Å². The summed E-state index contributed by atoms with van der Waals surface area (Å²) in [6.07, 6.45) is 3.89. The molecule has 5 aromatic rings. The van der Waals surface area contributed by atoms with Crippen LogP contribution in [0.4, 0.5) is 5.13 Å². The lowest BCUT2D eigenvalue weighted by molar-refractivity contribution is 0.691. The molecule has 0 atom stereocenters. The van der Waals surface area contributed by atoms with Gasteiger partial charge < -0.3 is 5.32 Å². The van der Waals surface area contributed by atoms with Gasteiger partial charge in [0.25, 0.3) is 0 Å². The molecule has 0 saturated heterocycles. The van der Waals surface area contributed by atoms with Gasteiger partial charge in [0, 0.05) is 18.3 Å². The van der Waals surface area contributed by atoms with Crippen molar-refractivity contribution in [3.8, 4) is 21.8 Å². The SMILES string of the molecule is Cc1nc(NCc2cn[nH]c2-c2ccccc2)sc1-c1ccn(Cc2ccsc2)n1. The number of anilines is 1. The summed E-state index contributed by atoms with van der Waals surface area (Å²) in [5, 5.41) is 20.6. The van der Waals surface area contributed by atoms with Gasteiger partial charge in [-0.25, -0.2) is 4.98 Å². The first-order chi connectivity index (χ1) is 14.8. The molecule has 5 rings (SSSR count). The zero-order chi connectivity index (χ0) is 20.3. The van der Waals surface area contributed by atoms with Crippen molar-refractivity contribution in [2.75, 3.05) is 5.32 Å². The Morgan fingerprint density at radius 2 is 2.03 bits per heavy atom. The molecule has 0 spiro atoms. The Kier molecular flexibility index (Phi) is 5.17. The van der Waals surface area contributed by atoms with E-state index in [9.17, 15) is 0 Å². The molecule has 0 aliphatic heterocycles. The average molecular weight is 433 g/mol. The van der Waals surface area contributed by atoms with E-state index in [2.05, 4.69) is 50.5 Å². The zero-order valence-corrected chi connectivity index (χ0v) is 18.0. The van der Waals surface area contributed by atoms with Crippen molar-refractivity contribution in [2.45, 2.75) is 20.0 Å². The van der Waals surface area contributed by atoms with Crippen LogP contribution < -0.4 is 5.32 Å². The standard InChI is InChI=1S/C22H20N6S2/c1-15-21(19-7-9-28(27-19)13-16-8-10-29-14-16)30-22(25-15)23-11-18-12-24-26-20(18)17-5-3-2-4-6-17/h2-10,12,14H,11,13H2,1H3,(H,23,25)(H,24,26). The molecule has 1 aromatic carbocycles. The first-order valence-electron chi connectivity index (χ1n) is 9.60. The highest BCUT2D eigenvalue weighted by atomic mass is 32.1. The molecule has 0 amide bonds. The number of thiazole rings is 1. The van der Waals surface area contributed by atoms with Crippen molar-refractivity contribution in [1.82, 2.24) is 25.0 Å². The Bertz CT molecular complexity index is 1230. The Balaban J connectivity index is 1.30. The zero-order valence-electron chi connectivity index (χ0n) is 16.4. The number of hydrogen-bond acceptors (Lipinski definition) is 6. The second-order valence-electron chi connectivity index (χ2n) is 6.95. The number of rotatable bonds is 7. The second-order valence-corrected chi connectivity index (χ2v) is 8.73. The van der Waals surface area contributed by atoms with Crippen LogP contribution in [-0.2, 0) is 13.1 Å². The summed E-state index contributed by atoms with van der Waals surface area (Å²) < 4.78 is 1.97. The van der Waals surface area contributed by atoms with Gasteiger partial charge in [-0.2, -0.15) is 21.5 Å². The first-order valence-corrected chi connectivity index (χ1v) is 11.4. The highest BCUT2D eigenvalue weighted by molar-refractivity contribution is 7.19. The second kappa shape index (κ2) is 8.25. The number of H-pyrrole nitrogens is 1. The van der Waals surface area contributed by atoms with E-state index >= 15 is 0 Å². The molecule has 2 N–H and O–H groups in total. The molecule has 4 heterocycles. The monoisotopic (exact) mass is 432 g/mol. The molecule has 0 unspecified atom stereocenters. The maximum absolute atomic E-state index is 4.74. The van der Waals surface area contributed by atoms with E-state index in [0.29, 0.717) is 6.54 Å². The number of aromatic nitrogens is 5. The summed E-state index contributed by atoms with van der Waals surface area (Å²) in [5.41, 5.74) is 6.48. The van der Waals surface area contributed by atoms with E-state index in [1.807, 2.05) is 42.2 Å². The predicted molar refractivity (Wildman–Crippen MR) is 123 cm³/mol. The van der Waals surface area contributed by atoms with E-state index in [0.717, 1.165) is 44.8 Å². The molecule has 0 bridgehead atoms. The van der Waals surface area contributed by atoms with Crippen LogP contribution in [0.3, 0.4) is 0 Å². The normalized spacial score (nSPS) is 11.1. The number of nitrogens with zero attached hydrogens (tertiary/aromatic N) is 4. The fraction of sp³-hybridized carbons (Fsp3) is 0.136. The minimum atomic E-state index is 0.652. The molecular formula is C22H20N6S2. The van der Waals surface area contributed by atoms with Crippen LogP contribution >= 0.6 is 22.7 Å². The lowest BCUT2D eigenvalue weighted by Gasteiger charge is -2.04. The smallest absolute Gasteiger partial charge is 0.183 e. The summed E-state index contributed by atoms with van der Waals surface area (Å²) in [6.45, 7) is 3.47. The summed E-state index contributed by atoms with van der Waals surface area (Å²) in [6, 6.07) is 14.4. The van der Waals surface area contributed by atoms with Gasteiger partial charge in [0.05, 0.1) is 29.0 Å². The van der Waals surface area contributed by atoms with E-state index < -0.39 is 0 Å². The van der Waals surface area contributed by atoms with Gasteiger partial charge in [0.15, 0.2) is 5.13 Å². The van der Waals surface area contributed by atoms with Crippen LogP contribution in [-0.4, -0.2) is 25.0 Å². The predicted octanol–water partition coefficient (Wildman–Crippen LogP) is 5.43. The molecule has 6 nitrogen and oxygen atoms in total. The van der Waals surface area contributed by atoms with E-state index in [-0.39, 0.29) is 0 Å². The molecule has 0 aliphatic rings. The summed E-state index contributed by atoms with van der Waals surface area (Å²) >= 11 is 3.34. The lowest BCUT2D eigenvalue weighted by atomic mass is 10.1.